The third-order valence-corrected chi connectivity index (χ3v) is 2.51. The minimum absolute atomic E-state index is 0.0144. The number of nitrogens with one attached hydrogen (secondary N) is 1. The molecule has 3 heteroatoms. The van der Waals surface area contributed by atoms with Crippen LogP contribution in [-0.2, 0) is 4.79 Å². The molecule has 0 bridgehead atoms. The first-order valence-corrected chi connectivity index (χ1v) is 5.60. The number of halogens is 1. The first-order valence-electron chi connectivity index (χ1n) is 5.06. The number of rotatable bonds is 4. The molecule has 1 aromatic carbocycles. The van der Waals surface area contributed by atoms with Crippen LogP contribution in [0.4, 0.5) is 0 Å². The van der Waals surface area contributed by atoms with E-state index in [0.717, 1.165) is 5.56 Å². The predicted molar refractivity (Wildman–Crippen MR) is 62.9 cm³/mol. The second-order valence-corrected chi connectivity index (χ2v) is 4.09. The fourth-order valence-corrected chi connectivity index (χ4v) is 1.49. The molecule has 0 radical (unpaired) electrons. The normalized spacial score (nSPS) is 12.5. The molecule has 1 N–H and O–H groups in total. The zero-order chi connectivity index (χ0) is 11.3. The highest BCUT2D eigenvalue weighted by molar-refractivity contribution is 6.18. The monoisotopic (exact) mass is 225 g/mol. The Morgan fingerprint density at radius 1 is 1.33 bits per heavy atom. The van der Waals surface area contributed by atoms with Crippen molar-refractivity contribution in [1.29, 1.82) is 0 Å². The molecule has 0 aliphatic heterocycles. The Morgan fingerprint density at radius 3 is 2.40 bits per heavy atom. The van der Waals surface area contributed by atoms with Crippen molar-refractivity contribution < 1.29 is 4.79 Å². The minimum Gasteiger partial charge on any atom is -0.348 e. The van der Waals surface area contributed by atoms with E-state index in [4.69, 9.17) is 11.6 Å². The van der Waals surface area contributed by atoms with Crippen molar-refractivity contribution in [3.05, 3.63) is 35.9 Å². The second-order valence-electron chi connectivity index (χ2n) is 3.78. The van der Waals surface area contributed by atoms with Gasteiger partial charge in [0.15, 0.2) is 0 Å². The van der Waals surface area contributed by atoms with E-state index in [2.05, 4.69) is 5.32 Å². The average Bonchev–Trinajstić information content (AvgIpc) is 2.26. The highest BCUT2D eigenvalue weighted by Gasteiger charge is 2.14. The Morgan fingerprint density at radius 2 is 1.93 bits per heavy atom. The summed E-state index contributed by atoms with van der Waals surface area (Å²) in [6.07, 6.45) is 0. The smallest absolute Gasteiger partial charge is 0.223 e. The molecule has 2 nitrogen and oxygen atoms in total. The van der Waals surface area contributed by atoms with E-state index in [-0.39, 0.29) is 17.9 Å². The molecule has 1 rings (SSSR count). The summed E-state index contributed by atoms with van der Waals surface area (Å²) in [6.45, 7) is 3.73. The predicted octanol–water partition coefficient (Wildman–Crippen LogP) is 2.74. The first kappa shape index (κ1) is 12.1. The molecule has 0 spiro atoms. The molecular weight excluding hydrogens is 210 g/mol. The second kappa shape index (κ2) is 5.76. The largest absolute Gasteiger partial charge is 0.348 e. The topological polar surface area (TPSA) is 29.1 Å². The maximum atomic E-state index is 11.5. The Bertz CT molecular complexity index is 311. The summed E-state index contributed by atoms with van der Waals surface area (Å²) in [7, 11) is 0. The van der Waals surface area contributed by atoms with Gasteiger partial charge in [0.25, 0.3) is 0 Å². The Hall–Kier alpha value is -1.02. The summed E-state index contributed by atoms with van der Waals surface area (Å²) in [5, 5.41) is 2.91. The van der Waals surface area contributed by atoms with Gasteiger partial charge in [0, 0.05) is 11.8 Å². The fraction of sp³-hybridized carbons (Fsp3) is 0.417. The van der Waals surface area contributed by atoms with Gasteiger partial charge in [0.1, 0.15) is 0 Å². The standard InChI is InChI=1S/C12H16ClNO/c1-9(2)12(15)14-11(8-13)10-6-4-3-5-7-10/h3-7,9,11H,8H2,1-2H3,(H,14,15). The molecule has 0 aliphatic rings. The van der Waals surface area contributed by atoms with E-state index < -0.39 is 0 Å². The van der Waals surface area contributed by atoms with Gasteiger partial charge in [-0.2, -0.15) is 0 Å². The lowest BCUT2D eigenvalue weighted by Gasteiger charge is -2.17. The summed E-state index contributed by atoms with van der Waals surface area (Å²) in [6, 6.07) is 9.66. The van der Waals surface area contributed by atoms with Gasteiger partial charge in [-0.3, -0.25) is 4.79 Å². The van der Waals surface area contributed by atoms with Gasteiger partial charge in [-0.1, -0.05) is 44.2 Å². The van der Waals surface area contributed by atoms with Crippen LogP contribution in [0.2, 0.25) is 0 Å². The van der Waals surface area contributed by atoms with Gasteiger partial charge < -0.3 is 5.32 Å². The SMILES string of the molecule is CC(C)C(=O)NC(CCl)c1ccccc1. The van der Waals surface area contributed by atoms with Crippen LogP contribution in [0.15, 0.2) is 30.3 Å². The first-order chi connectivity index (χ1) is 7.15. The zero-order valence-corrected chi connectivity index (χ0v) is 9.79. The van der Waals surface area contributed by atoms with Crippen molar-refractivity contribution in [3.63, 3.8) is 0 Å². The highest BCUT2D eigenvalue weighted by atomic mass is 35.5. The Balaban J connectivity index is 2.69. The summed E-state index contributed by atoms with van der Waals surface area (Å²) >= 11 is 5.84. The maximum Gasteiger partial charge on any atom is 0.223 e. The molecule has 0 aromatic heterocycles. The van der Waals surface area contributed by atoms with Gasteiger partial charge in [-0.05, 0) is 5.56 Å². The van der Waals surface area contributed by atoms with E-state index in [9.17, 15) is 4.79 Å². The maximum absolute atomic E-state index is 11.5. The third-order valence-electron chi connectivity index (χ3n) is 2.20. The molecule has 1 atom stereocenters. The summed E-state index contributed by atoms with van der Waals surface area (Å²) in [5.41, 5.74) is 1.04. The minimum atomic E-state index is -0.0947. The molecule has 1 unspecified atom stereocenters. The Kier molecular flexibility index (Phi) is 4.63. The van der Waals surface area contributed by atoms with E-state index in [1.165, 1.54) is 0 Å². The Labute approximate surface area is 95.6 Å². The summed E-state index contributed by atoms with van der Waals surface area (Å²) in [5.74, 6) is 0.409. The number of alkyl halides is 1. The van der Waals surface area contributed by atoms with E-state index in [1.54, 1.807) is 0 Å². The number of hydrogen-bond donors (Lipinski definition) is 1. The zero-order valence-electron chi connectivity index (χ0n) is 9.03. The van der Waals surface area contributed by atoms with Crippen molar-refractivity contribution in [2.45, 2.75) is 19.9 Å². The highest BCUT2D eigenvalue weighted by Crippen LogP contribution is 2.14. The van der Waals surface area contributed by atoms with Crippen LogP contribution in [0, 0.1) is 5.92 Å². The number of amides is 1. The van der Waals surface area contributed by atoms with Gasteiger partial charge in [-0.15, -0.1) is 11.6 Å². The van der Waals surface area contributed by atoms with Gasteiger partial charge in [-0.25, -0.2) is 0 Å². The van der Waals surface area contributed by atoms with Crippen molar-refractivity contribution in [2.24, 2.45) is 5.92 Å². The van der Waals surface area contributed by atoms with Gasteiger partial charge >= 0.3 is 0 Å². The van der Waals surface area contributed by atoms with Crippen LogP contribution in [0.3, 0.4) is 0 Å². The quantitative estimate of drug-likeness (QED) is 0.785. The number of benzene rings is 1. The van der Waals surface area contributed by atoms with Crippen molar-refractivity contribution in [3.8, 4) is 0 Å². The molecule has 0 fully saturated rings. The summed E-state index contributed by atoms with van der Waals surface area (Å²) < 4.78 is 0. The van der Waals surface area contributed by atoms with Gasteiger partial charge in [0.2, 0.25) is 5.91 Å². The molecule has 1 aromatic rings. The summed E-state index contributed by atoms with van der Waals surface area (Å²) in [4.78, 5) is 11.5. The van der Waals surface area contributed by atoms with Crippen LogP contribution in [0.25, 0.3) is 0 Å². The molecule has 0 saturated heterocycles. The van der Waals surface area contributed by atoms with Crippen molar-refractivity contribution >= 4 is 17.5 Å². The van der Waals surface area contributed by atoms with Crippen LogP contribution in [0.5, 0.6) is 0 Å². The van der Waals surface area contributed by atoms with E-state index >= 15 is 0 Å². The number of hydrogen-bond acceptors (Lipinski definition) is 1. The van der Waals surface area contributed by atoms with Crippen molar-refractivity contribution in [2.75, 3.05) is 5.88 Å². The molecule has 0 saturated carbocycles. The molecule has 0 aliphatic carbocycles. The molecule has 15 heavy (non-hydrogen) atoms. The van der Waals surface area contributed by atoms with Crippen molar-refractivity contribution in [1.82, 2.24) is 5.32 Å². The molecular formula is C12H16ClNO. The van der Waals surface area contributed by atoms with Crippen LogP contribution in [0.1, 0.15) is 25.5 Å². The van der Waals surface area contributed by atoms with E-state index in [0.29, 0.717) is 5.88 Å². The number of carbonyl (C=O) groups is 1. The van der Waals surface area contributed by atoms with Gasteiger partial charge in [0.05, 0.1) is 6.04 Å². The fourth-order valence-electron chi connectivity index (χ4n) is 1.23. The van der Waals surface area contributed by atoms with Crippen LogP contribution < -0.4 is 5.32 Å². The lowest BCUT2D eigenvalue weighted by atomic mass is 10.1. The van der Waals surface area contributed by atoms with E-state index in [1.807, 2.05) is 44.2 Å². The molecule has 0 heterocycles. The van der Waals surface area contributed by atoms with Crippen LogP contribution >= 0.6 is 11.6 Å². The third kappa shape index (κ3) is 3.56. The average molecular weight is 226 g/mol. The number of carbonyl (C=O) groups excluding carboxylic acids is 1. The molecule has 1 amide bonds. The molecule has 82 valence electrons. The lowest BCUT2D eigenvalue weighted by Crippen LogP contribution is -2.32. The van der Waals surface area contributed by atoms with Crippen LogP contribution in [-0.4, -0.2) is 11.8 Å². The lowest BCUT2D eigenvalue weighted by molar-refractivity contribution is -0.124.